The molecule has 2 heteroatoms. The van der Waals surface area contributed by atoms with Crippen LogP contribution in [0.5, 0.6) is 0 Å². The zero-order chi connectivity index (χ0) is 14.4. The minimum atomic E-state index is 0.00238. The molecule has 0 radical (unpaired) electrons. The van der Waals surface area contributed by atoms with Crippen LogP contribution in [0.3, 0.4) is 0 Å². The van der Waals surface area contributed by atoms with Gasteiger partial charge in [0.15, 0.2) is 0 Å². The molecule has 0 saturated carbocycles. The van der Waals surface area contributed by atoms with Crippen molar-refractivity contribution in [2.24, 2.45) is 5.92 Å². The van der Waals surface area contributed by atoms with Crippen LogP contribution in [-0.4, -0.2) is 7.05 Å². The zero-order valence-corrected chi connectivity index (χ0v) is 12.0. The van der Waals surface area contributed by atoms with Gasteiger partial charge < -0.3 is 5.32 Å². The third-order valence-corrected chi connectivity index (χ3v) is 3.70. The van der Waals surface area contributed by atoms with Crippen molar-refractivity contribution in [3.63, 3.8) is 0 Å². The van der Waals surface area contributed by atoms with Gasteiger partial charge in [-0.3, -0.25) is 0 Å². The molecule has 0 aliphatic heterocycles. The first-order valence-corrected chi connectivity index (χ1v) is 7.02. The van der Waals surface area contributed by atoms with Gasteiger partial charge in [-0.05, 0) is 30.2 Å². The summed E-state index contributed by atoms with van der Waals surface area (Å²) in [5.74, 6) is 0.00238. The van der Waals surface area contributed by atoms with Crippen LogP contribution in [0.1, 0.15) is 24.9 Å². The van der Waals surface area contributed by atoms with E-state index in [2.05, 4.69) is 54.7 Å². The molecule has 0 spiro atoms. The van der Waals surface area contributed by atoms with Gasteiger partial charge in [0.1, 0.15) is 0 Å². The van der Waals surface area contributed by atoms with E-state index in [0.717, 1.165) is 6.42 Å². The Morgan fingerprint density at radius 2 is 1.60 bits per heavy atom. The molecule has 1 N–H and O–H groups in total. The molecule has 2 nitrogen and oxygen atoms in total. The second-order valence-corrected chi connectivity index (χ2v) is 4.90. The fraction of sp³-hybridized carbons (Fsp3) is 0.278. The van der Waals surface area contributed by atoms with E-state index in [1.165, 1.54) is 16.7 Å². The number of hydrogen-bond acceptors (Lipinski definition) is 2. The van der Waals surface area contributed by atoms with E-state index in [4.69, 9.17) is 0 Å². The molecule has 0 amide bonds. The summed E-state index contributed by atoms with van der Waals surface area (Å²) < 4.78 is 0. The van der Waals surface area contributed by atoms with Crippen molar-refractivity contribution >= 4 is 0 Å². The molecule has 2 rings (SSSR count). The molecule has 0 saturated heterocycles. The topological polar surface area (TPSA) is 35.8 Å². The number of benzene rings is 2. The number of hydrogen-bond donors (Lipinski definition) is 1. The molecule has 20 heavy (non-hydrogen) atoms. The number of rotatable bonds is 5. The van der Waals surface area contributed by atoms with Crippen molar-refractivity contribution in [2.75, 3.05) is 7.05 Å². The monoisotopic (exact) mass is 264 g/mol. The van der Waals surface area contributed by atoms with Crippen LogP contribution in [0.4, 0.5) is 0 Å². The van der Waals surface area contributed by atoms with Gasteiger partial charge in [-0.25, -0.2) is 0 Å². The molecular formula is C18H20N2. The van der Waals surface area contributed by atoms with E-state index in [1.807, 2.05) is 25.2 Å². The Morgan fingerprint density at radius 1 is 1.00 bits per heavy atom. The fourth-order valence-corrected chi connectivity index (χ4v) is 2.52. The molecule has 0 aliphatic carbocycles. The fourth-order valence-electron chi connectivity index (χ4n) is 2.52. The standard InChI is InChI=1S/C18H20N2/c1-3-14(13-19)18(20-2)17-11-9-16(10-12-17)15-7-5-4-6-8-15/h4-12,14,18,20H,3H2,1-2H3. The predicted molar refractivity (Wildman–Crippen MR) is 83.1 cm³/mol. The zero-order valence-electron chi connectivity index (χ0n) is 12.0. The summed E-state index contributed by atoms with van der Waals surface area (Å²) in [5, 5.41) is 12.5. The Kier molecular flexibility index (Phi) is 4.92. The van der Waals surface area contributed by atoms with E-state index in [-0.39, 0.29) is 12.0 Å². The lowest BCUT2D eigenvalue weighted by Gasteiger charge is -2.21. The lowest BCUT2D eigenvalue weighted by Crippen LogP contribution is -2.23. The summed E-state index contributed by atoms with van der Waals surface area (Å²) in [6.07, 6.45) is 0.850. The van der Waals surface area contributed by atoms with Crippen LogP contribution >= 0.6 is 0 Å². The lowest BCUT2D eigenvalue weighted by atomic mass is 9.91. The van der Waals surface area contributed by atoms with Crippen molar-refractivity contribution < 1.29 is 0 Å². The van der Waals surface area contributed by atoms with Crippen LogP contribution in [0.2, 0.25) is 0 Å². The minimum Gasteiger partial charge on any atom is -0.312 e. The highest BCUT2D eigenvalue weighted by atomic mass is 14.9. The average Bonchev–Trinajstić information content (AvgIpc) is 2.53. The summed E-state index contributed by atoms with van der Waals surface area (Å²) >= 11 is 0. The summed E-state index contributed by atoms with van der Waals surface area (Å²) in [7, 11) is 1.91. The lowest BCUT2D eigenvalue weighted by molar-refractivity contribution is 0.449. The first-order chi connectivity index (χ1) is 9.80. The SMILES string of the molecule is CCC(C#N)C(NC)c1ccc(-c2ccccc2)cc1. The van der Waals surface area contributed by atoms with Crippen LogP contribution in [0.15, 0.2) is 54.6 Å². The van der Waals surface area contributed by atoms with E-state index >= 15 is 0 Å². The van der Waals surface area contributed by atoms with Gasteiger partial charge in [0, 0.05) is 6.04 Å². The summed E-state index contributed by atoms with van der Waals surface area (Å²) in [6.45, 7) is 2.05. The van der Waals surface area contributed by atoms with E-state index in [1.54, 1.807) is 0 Å². The van der Waals surface area contributed by atoms with Crippen molar-refractivity contribution in [3.8, 4) is 17.2 Å². The van der Waals surface area contributed by atoms with Crippen molar-refractivity contribution in [2.45, 2.75) is 19.4 Å². The third-order valence-electron chi connectivity index (χ3n) is 3.70. The van der Waals surface area contributed by atoms with Crippen molar-refractivity contribution in [1.82, 2.24) is 5.32 Å². The van der Waals surface area contributed by atoms with Gasteiger partial charge in [-0.2, -0.15) is 5.26 Å². The second kappa shape index (κ2) is 6.88. The van der Waals surface area contributed by atoms with Gasteiger partial charge in [-0.1, -0.05) is 61.5 Å². The van der Waals surface area contributed by atoms with Gasteiger partial charge >= 0.3 is 0 Å². The Morgan fingerprint density at radius 3 is 2.10 bits per heavy atom. The van der Waals surface area contributed by atoms with E-state index < -0.39 is 0 Å². The maximum absolute atomic E-state index is 9.23. The van der Waals surface area contributed by atoms with Crippen molar-refractivity contribution in [1.29, 1.82) is 5.26 Å². The van der Waals surface area contributed by atoms with Gasteiger partial charge in [0.25, 0.3) is 0 Å². The maximum Gasteiger partial charge on any atom is 0.0675 e. The molecule has 0 bridgehead atoms. The minimum absolute atomic E-state index is 0.00238. The van der Waals surface area contributed by atoms with E-state index in [0.29, 0.717) is 0 Å². The number of nitrogens with zero attached hydrogens (tertiary/aromatic N) is 1. The molecule has 2 unspecified atom stereocenters. The first-order valence-electron chi connectivity index (χ1n) is 7.02. The van der Waals surface area contributed by atoms with Crippen LogP contribution in [0, 0.1) is 17.2 Å². The van der Waals surface area contributed by atoms with Gasteiger partial charge in [0.05, 0.1) is 12.0 Å². The Hall–Kier alpha value is -2.11. The van der Waals surface area contributed by atoms with Crippen LogP contribution in [-0.2, 0) is 0 Å². The van der Waals surface area contributed by atoms with Gasteiger partial charge in [-0.15, -0.1) is 0 Å². The molecule has 2 atom stereocenters. The van der Waals surface area contributed by atoms with E-state index in [9.17, 15) is 5.26 Å². The van der Waals surface area contributed by atoms with Crippen molar-refractivity contribution in [3.05, 3.63) is 60.2 Å². The molecule has 2 aromatic carbocycles. The molecular weight excluding hydrogens is 244 g/mol. The molecule has 0 aromatic heterocycles. The maximum atomic E-state index is 9.23. The van der Waals surface area contributed by atoms with Crippen LogP contribution in [0.25, 0.3) is 11.1 Å². The highest BCUT2D eigenvalue weighted by Gasteiger charge is 2.19. The summed E-state index contributed by atoms with van der Waals surface area (Å²) in [5.41, 5.74) is 3.59. The number of nitriles is 1. The molecule has 0 heterocycles. The predicted octanol–water partition coefficient (Wildman–Crippen LogP) is 4.16. The normalized spacial score (nSPS) is 13.4. The summed E-state index contributed by atoms with van der Waals surface area (Å²) in [4.78, 5) is 0. The molecule has 0 aliphatic rings. The molecule has 0 fully saturated rings. The van der Waals surface area contributed by atoms with Crippen LogP contribution < -0.4 is 5.32 Å². The highest BCUT2D eigenvalue weighted by Crippen LogP contribution is 2.26. The highest BCUT2D eigenvalue weighted by molar-refractivity contribution is 5.63. The Bertz CT molecular complexity index is 567. The molecule has 2 aromatic rings. The van der Waals surface area contributed by atoms with Gasteiger partial charge in [0.2, 0.25) is 0 Å². The molecule has 102 valence electrons. The largest absolute Gasteiger partial charge is 0.312 e. The second-order valence-electron chi connectivity index (χ2n) is 4.90. The Labute approximate surface area is 121 Å². The quantitative estimate of drug-likeness (QED) is 0.880. The smallest absolute Gasteiger partial charge is 0.0675 e. The third kappa shape index (κ3) is 3.07. The first kappa shape index (κ1) is 14.3. The Balaban J connectivity index is 2.26. The summed E-state index contributed by atoms with van der Waals surface area (Å²) in [6, 6.07) is 21.3. The average molecular weight is 264 g/mol. The number of nitrogens with one attached hydrogen (secondary N) is 1.